The molecule has 2 aliphatic rings. The Hall–Kier alpha value is -3.36. The quantitative estimate of drug-likeness (QED) is 0.699. The molecule has 148 valence electrons. The minimum absolute atomic E-state index is 0.0669. The molecular weight excluding hydrogens is 385 g/mol. The van der Waals surface area contributed by atoms with Gasteiger partial charge in [0, 0.05) is 18.0 Å². The molecule has 0 radical (unpaired) electrons. The van der Waals surface area contributed by atoms with Crippen molar-refractivity contribution in [1.82, 2.24) is 14.8 Å². The standard InChI is InChI=1S/C20H15F3N4O2/c21-20(22,23)18-25-19-24-13-9-12(11-5-2-1-3-6-11)10-14(28)16(13)17(27(19)26-18)15-7-4-8-29-15/h1-9,12,16-17H,10H2,(H,24,25,26)/t12-,16+,17+/m0/s1. The van der Waals surface area contributed by atoms with E-state index in [1.54, 1.807) is 12.1 Å². The number of halogens is 3. The van der Waals surface area contributed by atoms with Crippen LogP contribution in [0.1, 0.15) is 35.5 Å². The zero-order chi connectivity index (χ0) is 20.2. The molecular formula is C20H15F3N4O2. The number of anilines is 1. The first-order chi connectivity index (χ1) is 13.9. The highest BCUT2D eigenvalue weighted by Gasteiger charge is 2.47. The number of Topliss-reactive ketones (excluding diaryl/α,β-unsaturated/α-hetero) is 1. The highest BCUT2D eigenvalue weighted by Crippen LogP contribution is 2.45. The molecule has 5 rings (SSSR count). The number of nitrogens with zero attached hydrogens (tertiary/aromatic N) is 3. The van der Waals surface area contributed by atoms with Gasteiger partial charge in [-0.3, -0.25) is 4.79 Å². The minimum atomic E-state index is -4.70. The normalized spacial score (nSPS) is 23.8. The number of hydrogen-bond donors (Lipinski definition) is 1. The van der Waals surface area contributed by atoms with Crippen LogP contribution >= 0.6 is 0 Å². The molecule has 0 saturated heterocycles. The smallest absolute Gasteiger partial charge is 0.453 e. The predicted molar refractivity (Wildman–Crippen MR) is 95.9 cm³/mol. The second-order valence-corrected chi connectivity index (χ2v) is 7.07. The molecule has 0 amide bonds. The maximum absolute atomic E-state index is 13.2. The second-order valence-electron chi connectivity index (χ2n) is 7.07. The van der Waals surface area contributed by atoms with Crippen LogP contribution in [0.2, 0.25) is 0 Å². The van der Waals surface area contributed by atoms with Crippen molar-refractivity contribution in [3.8, 4) is 0 Å². The molecule has 1 aromatic carbocycles. The van der Waals surface area contributed by atoms with E-state index in [0.29, 0.717) is 11.5 Å². The molecule has 0 bridgehead atoms. The van der Waals surface area contributed by atoms with E-state index in [2.05, 4.69) is 15.4 Å². The second kappa shape index (κ2) is 6.33. The number of benzene rings is 1. The molecule has 9 heteroatoms. The van der Waals surface area contributed by atoms with Gasteiger partial charge in [0.15, 0.2) is 0 Å². The molecule has 0 saturated carbocycles. The number of rotatable bonds is 2. The summed E-state index contributed by atoms with van der Waals surface area (Å²) in [6.45, 7) is 0. The first-order valence-corrected chi connectivity index (χ1v) is 9.05. The highest BCUT2D eigenvalue weighted by atomic mass is 19.4. The molecule has 2 aromatic heterocycles. The largest absolute Gasteiger partial charge is 0.467 e. The van der Waals surface area contributed by atoms with E-state index >= 15 is 0 Å². The first-order valence-electron chi connectivity index (χ1n) is 9.05. The maximum Gasteiger partial charge on any atom is 0.453 e. The van der Waals surface area contributed by atoms with Crippen LogP contribution in [-0.4, -0.2) is 20.5 Å². The number of fused-ring (bicyclic) bond motifs is 2. The number of aromatic nitrogens is 3. The monoisotopic (exact) mass is 400 g/mol. The van der Waals surface area contributed by atoms with Crippen LogP contribution in [0, 0.1) is 5.92 Å². The molecule has 0 unspecified atom stereocenters. The molecule has 3 aromatic rings. The molecule has 1 aliphatic heterocycles. The number of furan rings is 1. The Kier molecular flexibility index (Phi) is 3.87. The number of nitrogens with one attached hydrogen (secondary N) is 1. The summed E-state index contributed by atoms with van der Waals surface area (Å²) in [4.78, 5) is 16.7. The van der Waals surface area contributed by atoms with Gasteiger partial charge in [0.05, 0.1) is 12.2 Å². The predicted octanol–water partition coefficient (Wildman–Crippen LogP) is 4.16. The van der Waals surface area contributed by atoms with Gasteiger partial charge in [0.1, 0.15) is 17.6 Å². The van der Waals surface area contributed by atoms with E-state index in [-0.39, 0.29) is 24.1 Å². The number of hydrogen-bond acceptors (Lipinski definition) is 5. The topological polar surface area (TPSA) is 73.0 Å². The van der Waals surface area contributed by atoms with E-state index in [0.717, 1.165) is 10.2 Å². The maximum atomic E-state index is 13.2. The summed E-state index contributed by atoms with van der Waals surface area (Å²) in [5, 5.41) is 6.54. The number of carbonyl (C=O) groups is 1. The van der Waals surface area contributed by atoms with E-state index in [9.17, 15) is 18.0 Å². The van der Waals surface area contributed by atoms with Gasteiger partial charge in [-0.2, -0.15) is 18.2 Å². The zero-order valence-electron chi connectivity index (χ0n) is 14.9. The number of alkyl halides is 3. The van der Waals surface area contributed by atoms with E-state index in [4.69, 9.17) is 4.42 Å². The Labute approximate surface area is 163 Å². The molecule has 0 fully saturated rings. The van der Waals surface area contributed by atoms with E-state index in [1.807, 2.05) is 36.4 Å². The highest BCUT2D eigenvalue weighted by molar-refractivity contribution is 5.88. The van der Waals surface area contributed by atoms with Crippen molar-refractivity contribution < 1.29 is 22.4 Å². The summed E-state index contributed by atoms with van der Waals surface area (Å²) in [5.74, 6) is -1.97. The lowest BCUT2D eigenvalue weighted by Gasteiger charge is -2.36. The van der Waals surface area contributed by atoms with Crippen molar-refractivity contribution >= 4 is 11.7 Å². The van der Waals surface area contributed by atoms with Gasteiger partial charge in [0.25, 0.3) is 5.82 Å². The Morgan fingerprint density at radius 1 is 1.14 bits per heavy atom. The Morgan fingerprint density at radius 2 is 1.93 bits per heavy atom. The lowest BCUT2D eigenvalue weighted by Crippen LogP contribution is -2.40. The summed E-state index contributed by atoms with van der Waals surface area (Å²) >= 11 is 0. The summed E-state index contributed by atoms with van der Waals surface area (Å²) in [6.07, 6.45) is -1.14. The fraction of sp³-hybridized carbons (Fsp3) is 0.250. The van der Waals surface area contributed by atoms with Gasteiger partial charge >= 0.3 is 6.18 Å². The van der Waals surface area contributed by atoms with Crippen molar-refractivity contribution in [2.24, 2.45) is 5.92 Å². The molecule has 29 heavy (non-hydrogen) atoms. The average molecular weight is 400 g/mol. The third-order valence-corrected chi connectivity index (χ3v) is 5.27. The van der Waals surface area contributed by atoms with Crippen LogP contribution in [0.25, 0.3) is 0 Å². The van der Waals surface area contributed by atoms with Crippen LogP contribution in [0.4, 0.5) is 19.1 Å². The molecule has 3 heterocycles. The van der Waals surface area contributed by atoms with Crippen LogP contribution in [0.15, 0.2) is 64.9 Å². The summed E-state index contributed by atoms with van der Waals surface area (Å²) in [6, 6.07) is 11.9. The average Bonchev–Trinajstić information content (AvgIpc) is 3.36. The number of ketones is 1. The Balaban J connectivity index is 1.64. The van der Waals surface area contributed by atoms with Crippen molar-refractivity contribution in [3.05, 3.63) is 77.6 Å². The lowest BCUT2D eigenvalue weighted by atomic mass is 9.77. The fourth-order valence-corrected chi connectivity index (χ4v) is 4.01. The van der Waals surface area contributed by atoms with Gasteiger partial charge in [-0.05, 0) is 17.7 Å². The molecule has 1 N–H and O–H groups in total. The van der Waals surface area contributed by atoms with Crippen LogP contribution in [0.5, 0.6) is 0 Å². The Bertz CT molecular complexity index is 1090. The molecule has 6 nitrogen and oxygen atoms in total. The van der Waals surface area contributed by atoms with Crippen LogP contribution in [0.3, 0.4) is 0 Å². The molecule has 1 aliphatic carbocycles. The van der Waals surface area contributed by atoms with Crippen LogP contribution in [-0.2, 0) is 11.0 Å². The third-order valence-electron chi connectivity index (χ3n) is 5.27. The zero-order valence-corrected chi connectivity index (χ0v) is 14.9. The van der Waals surface area contributed by atoms with Crippen molar-refractivity contribution in [2.75, 3.05) is 5.32 Å². The minimum Gasteiger partial charge on any atom is -0.467 e. The van der Waals surface area contributed by atoms with Gasteiger partial charge in [-0.25, -0.2) is 4.68 Å². The summed E-state index contributed by atoms with van der Waals surface area (Å²) in [7, 11) is 0. The lowest BCUT2D eigenvalue weighted by molar-refractivity contribution is -0.145. The summed E-state index contributed by atoms with van der Waals surface area (Å²) < 4.78 is 46.2. The summed E-state index contributed by atoms with van der Waals surface area (Å²) in [5.41, 5.74) is 1.48. The number of carbonyl (C=O) groups excluding carboxylic acids is 1. The van der Waals surface area contributed by atoms with Gasteiger partial charge in [0.2, 0.25) is 5.95 Å². The van der Waals surface area contributed by atoms with E-state index < -0.39 is 24.0 Å². The van der Waals surface area contributed by atoms with Gasteiger partial charge < -0.3 is 9.73 Å². The molecule has 3 atom stereocenters. The SMILES string of the molecule is O=C1C[C@@H](c2ccccc2)C=C2Nc3nc(C(F)(F)F)nn3[C@H](c3ccco3)[C@@H]12. The van der Waals surface area contributed by atoms with Crippen molar-refractivity contribution in [3.63, 3.8) is 0 Å². The van der Waals surface area contributed by atoms with E-state index in [1.165, 1.54) is 6.26 Å². The Morgan fingerprint density at radius 3 is 2.62 bits per heavy atom. The first kappa shape index (κ1) is 17.7. The van der Waals surface area contributed by atoms with Crippen molar-refractivity contribution in [1.29, 1.82) is 0 Å². The van der Waals surface area contributed by atoms with Gasteiger partial charge in [-0.1, -0.05) is 36.4 Å². The van der Waals surface area contributed by atoms with Crippen molar-refractivity contribution in [2.45, 2.75) is 24.6 Å². The van der Waals surface area contributed by atoms with Gasteiger partial charge in [-0.15, -0.1) is 5.10 Å². The number of allylic oxidation sites excluding steroid dienone is 2. The fourth-order valence-electron chi connectivity index (χ4n) is 4.01. The van der Waals surface area contributed by atoms with Crippen LogP contribution < -0.4 is 5.32 Å². The molecule has 0 spiro atoms. The third kappa shape index (κ3) is 2.93.